The van der Waals surface area contributed by atoms with E-state index >= 15 is 0 Å². The number of hydrogen-bond acceptors (Lipinski definition) is 1. The Morgan fingerprint density at radius 1 is 1.35 bits per heavy atom. The van der Waals surface area contributed by atoms with Crippen LogP contribution in [-0.4, -0.2) is 6.54 Å². The number of benzene rings is 1. The van der Waals surface area contributed by atoms with Crippen LogP contribution in [0.2, 0.25) is 5.02 Å². The van der Waals surface area contributed by atoms with E-state index in [-0.39, 0.29) is 16.3 Å². The lowest BCUT2D eigenvalue weighted by Crippen LogP contribution is -2.29. The van der Waals surface area contributed by atoms with Crippen molar-refractivity contribution < 1.29 is 4.39 Å². The van der Waals surface area contributed by atoms with Gasteiger partial charge in [-0.3, -0.25) is 0 Å². The molecule has 0 spiro atoms. The Morgan fingerprint density at radius 2 is 2.00 bits per heavy atom. The van der Waals surface area contributed by atoms with Crippen LogP contribution in [0.15, 0.2) is 18.2 Å². The van der Waals surface area contributed by atoms with Gasteiger partial charge < -0.3 is 5.32 Å². The molecule has 1 aromatic carbocycles. The molecule has 96 valence electrons. The maximum absolute atomic E-state index is 13.2. The van der Waals surface area contributed by atoms with Gasteiger partial charge in [-0.1, -0.05) is 45.4 Å². The Labute approximate surface area is 108 Å². The molecule has 0 saturated heterocycles. The smallest absolute Gasteiger partial charge is 0.142 e. The zero-order chi connectivity index (χ0) is 13.1. The van der Waals surface area contributed by atoms with E-state index in [1.54, 1.807) is 6.07 Å². The van der Waals surface area contributed by atoms with Crippen LogP contribution in [0.4, 0.5) is 4.39 Å². The maximum atomic E-state index is 13.2. The second kappa shape index (κ2) is 5.83. The van der Waals surface area contributed by atoms with Crippen molar-refractivity contribution in [3.63, 3.8) is 0 Å². The number of rotatable bonds is 4. The fourth-order valence-corrected chi connectivity index (χ4v) is 1.51. The predicted octanol–water partition coefficient (Wildman–Crippen LogP) is 4.25. The Balaban J connectivity index is 2.44. The highest BCUT2D eigenvalue weighted by Crippen LogP contribution is 2.24. The van der Waals surface area contributed by atoms with Crippen LogP contribution in [0.1, 0.15) is 33.3 Å². The molecule has 0 aliphatic carbocycles. The minimum Gasteiger partial charge on any atom is -0.312 e. The SMILES string of the molecule is CC(CNCc1ccc(Cl)c(F)c1)C(C)(C)C. The summed E-state index contributed by atoms with van der Waals surface area (Å²) < 4.78 is 13.2. The zero-order valence-electron chi connectivity index (χ0n) is 11.0. The van der Waals surface area contributed by atoms with E-state index in [2.05, 4.69) is 33.0 Å². The lowest BCUT2D eigenvalue weighted by atomic mass is 9.82. The third-order valence-electron chi connectivity index (χ3n) is 3.24. The number of halogens is 2. The van der Waals surface area contributed by atoms with Gasteiger partial charge in [0.15, 0.2) is 0 Å². The summed E-state index contributed by atoms with van der Waals surface area (Å²) in [6.07, 6.45) is 0. The third-order valence-corrected chi connectivity index (χ3v) is 3.55. The molecular formula is C14H21ClFN. The van der Waals surface area contributed by atoms with Crippen molar-refractivity contribution in [1.82, 2.24) is 5.32 Å². The highest BCUT2D eigenvalue weighted by Gasteiger charge is 2.19. The first kappa shape index (κ1) is 14.5. The van der Waals surface area contributed by atoms with Crippen molar-refractivity contribution in [2.45, 2.75) is 34.2 Å². The minimum absolute atomic E-state index is 0.178. The summed E-state index contributed by atoms with van der Waals surface area (Å²) >= 11 is 5.63. The van der Waals surface area contributed by atoms with Crippen molar-refractivity contribution in [1.29, 1.82) is 0 Å². The molecule has 0 heterocycles. The lowest BCUT2D eigenvalue weighted by Gasteiger charge is -2.27. The molecule has 1 unspecified atom stereocenters. The Kier molecular flexibility index (Phi) is 4.96. The molecule has 1 rings (SSSR count). The Hall–Kier alpha value is -0.600. The summed E-state index contributed by atoms with van der Waals surface area (Å²) in [6, 6.07) is 4.93. The van der Waals surface area contributed by atoms with E-state index in [0.717, 1.165) is 12.1 Å². The van der Waals surface area contributed by atoms with E-state index in [1.807, 2.05) is 6.07 Å². The second-order valence-electron chi connectivity index (χ2n) is 5.65. The molecule has 0 saturated carbocycles. The molecule has 17 heavy (non-hydrogen) atoms. The third kappa shape index (κ3) is 4.64. The first-order chi connectivity index (χ1) is 7.80. The second-order valence-corrected chi connectivity index (χ2v) is 6.05. The van der Waals surface area contributed by atoms with Crippen LogP contribution in [0, 0.1) is 17.2 Å². The first-order valence-electron chi connectivity index (χ1n) is 5.95. The van der Waals surface area contributed by atoms with E-state index in [9.17, 15) is 4.39 Å². The van der Waals surface area contributed by atoms with Gasteiger partial charge in [0, 0.05) is 6.54 Å². The fraction of sp³-hybridized carbons (Fsp3) is 0.571. The fourth-order valence-electron chi connectivity index (χ4n) is 1.39. The Morgan fingerprint density at radius 3 is 2.53 bits per heavy atom. The lowest BCUT2D eigenvalue weighted by molar-refractivity contribution is 0.252. The summed E-state index contributed by atoms with van der Waals surface area (Å²) in [5.41, 5.74) is 1.21. The summed E-state index contributed by atoms with van der Waals surface area (Å²) in [7, 11) is 0. The number of hydrogen-bond donors (Lipinski definition) is 1. The van der Waals surface area contributed by atoms with E-state index in [0.29, 0.717) is 12.5 Å². The van der Waals surface area contributed by atoms with Gasteiger partial charge in [-0.25, -0.2) is 4.39 Å². The average molecular weight is 258 g/mol. The molecule has 1 atom stereocenters. The topological polar surface area (TPSA) is 12.0 Å². The van der Waals surface area contributed by atoms with Crippen LogP contribution in [0.25, 0.3) is 0 Å². The molecule has 0 amide bonds. The average Bonchev–Trinajstić information content (AvgIpc) is 2.22. The highest BCUT2D eigenvalue weighted by atomic mass is 35.5. The van der Waals surface area contributed by atoms with Crippen LogP contribution in [0.3, 0.4) is 0 Å². The monoisotopic (exact) mass is 257 g/mol. The van der Waals surface area contributed by atoms with Gasteiger partial charge in [0.1, 0.15) is 5.82 Å². The summed E-state index contributed by atoms with van der Waals surface area (Å²) in [5, 5.41) is 3.52. The van der Waals surface area contributed by atoms with Crippen molar-refractivity contribution in [3.8, 4) is 0 Å². The van der Waals surface area contributed by atoms with Crippen molar-refractivity contribution >= 4 is 11.6 Å². The van der Waals surface area contributed by atoms with Gasteiger partial charge in [-0.2, -0.15) is 0 Å². The van der Waals surface area contributed by atoms with Gasteiger partial charge in [0.2, 0.25) is 0 Å². The van der Waals surface area contributed by atoms with E-state index < -0.39 is 0 Å². The molecule has 0 aliphatic heterocycles. The normalized spacial score (nSPS) is 13.8. The standard InChI is InChI=1S/C14H21ClFN/c1-10(14(2,3)4)8-17-9-11-5-6-12(15)13(16)7-11/h5-7,10,17H,8-9H2,1-4H3. The molecule has 0 aliphatic rings. The minimum atomic E-state index is -0.352. The van der Waals surface area contributed by atoms with Gasteiger partial charge in [-0.05, 0) is 35.6 Å². The molecule has 0 radical (unpaired) electrons. The van der Waals surface area contributed by atoms with Crippen LogP contribution in [-0.2, 0) is 6.54 Å². The van der Waals surface area contributed by atoms with Crippen molar-refractivity contribution in [3.05, 3.63) is 34.6 Å². The van der Waals surface area contributed by atoms with Crippen LogP contribution < -0.4 is 5.32 Å². The van der Waals surface area contributed by atoms with E-state index in [4.69, 9.17) is 11.6 Å². The first-order valence-corrected chi connectivity index (χ1v) is 6.33. The summed E-state index contributed by atoms with van der Waals surface area (Å²) in [5.74, 6) is 0.217. The van der Waals surface area contributed by atoms with E-state index in [1.165, 1.54) is 6.07 Å². The molecule has 0 aromatic heterocycles. The van der Waals surface area contributed by atoms with Gasteiger partial charge >= 0.3 is 0 Å². The molecule has 0 bridgehead atoms. The number of nitrogens with one attached hydrogen (secondary N) is 1. The predicted molar refractivity (Wildman–Crippen MR) is 71.7 cm³/mol. The van der Waals surface area contributed by atoms with Gasteiger partial charge in [0.25, 0.3) is 0 Å². The molecule has 1 nitrogen and oxygen atoms in total. The largest absolute Gasteiger partial charge is 0.312 e. The molecule has 0 fully saturated rings. The zero-order valence-corrected chi connectivity index (χ0v) is 11.7. The molecular weight excluding hydrogens is 237 g/mol. The molecule has 1 N–H and O–H groups in total. The molecule has 1 aromatic rings. The van der Waals surface area contributed by atoms with Crippen molar-refractivity contribution in [2.75, 3.05) is 6.54 Å². The van der Waals surface area contributed by atoms with Crippen molar-refractivity contribution in [2.24, 2.45) is 11.3 Å². The van der Waals surface area contributed by atoms with Crippen LogP contribution >= 0.6 is 11.6 Å². The maximum Gasteiger partial charge on any atom is 0.142 e. The molecule has 3 heteroatoms. The van der Waals surface area contributed by atoms with Gasteiger partial charge in [0.05, 0.1) is 5.02 Å². The summed E-state index contributed by atoms with van der Waals surface area (Å²) in [4.78, 5) is 0. The summed E-state index contributed by atoms with van der Waals surface area (Å²) in [6.45, 7) is 10.5. The van der Waals surface area contributed by atoms with Gasteiger partial charge in [-0.15, -0.1) is 0 Å². The highest BCUT2D eigenvalue weighted by molar-refractivity contribution is 6.30. The quantitative estimate of drug-likeness (QED) is 0.850. The van der Waals surface area contributed by atoms with Crippen LogP contribution in [0.5, 0.6) is 0 Å². The Bertz CT molecular complexity index is 371.